The zero-order chi connectivity index (χ0) is 21.6. The van der Waals surface area contributed by atoms with Crippen molar-refractivity contribution in [2.45, 2.75) is 18.4 Å². The fourth-order valence-electron chi connectivity index (χ4n) is 4.74. The summed E-state index contributed by atoms with van der Waals surface area (Å²) in [5, 5.41) is 6.79. The molecule has 2 atom stereocenters. The number of carbonyl (C=O) groups excluding carboxylic acids is 1. The molecule has 0 saturated carbocycles. The molecule has 3 heterocycles. The molecule has 2 unspecified atom stereocenters. The summed E-state index contributed by atoms with van der Waals surface area (Å²) in [6.07, 6.45) is 1.75. The van der Waals surface area contributed by atoms with Gasteiger partial charge in [0.25, 0.3) is 0 Å². The van der Waals surface area contributed by atoms with Gasteiger partial charge in [-0.15, -0.1) is 0 Å². The number of ether oxygens (including phenoxy) is 2. The van der Waals surface area contributed by atoms with Gasteiger partial charge in [-0.05, 0) is 42.3 Å². The summed E-state index contributed by atoms with van der Waals surface area (Å²) in [4.78, 5) is 18.2. The minimum atomic E-state index is -1.36. The monoisotopic (exact) mass is 419 g/mol. The molecule has 2 aliphatic heterocycles. The summed E-state index contributed by atoms with van der Waals surface area (Å²) in [5.41, 5.74) is 2.75. The van der Waals surface area contributed by atoms with E-state index in [4.69, 9.17) is 9.47 Å². The van der Waals surface area contributed by atoms with Crippen molar-refractivity contribution < 1.29 is 18.7 Å². The highest BCUT2D eigenvalue weighted by Crippen LogP contribution is 2.53. The molecule has 0 fully saturated rings. The van der Waals surface area contributed by atoms with Crippen LogP contribution in [0.15, 0.2) is 54.7 Å². The van der Waals surface area contributed by atoms with Crippen LogP contribution in [0.2, 0.25) is 0 Å². The number of esters is 1. The lowest BCUT2D eigenvalue weighted by Gasteiger charge is -2.37. The number of methoxy groups -OCH3 is 1. The fourth-order valence-corrected chi connectivity index (χ4v) is 4.74. The van der Waals surface area contributed by atoms with E-state index in [9.17, 15) is 9.18 Å². The lowest BCUT2D eigenvalue weighted by atomic mass is 9.75. The standard InChI is InChI=1S/C24H22FN3O3/c1-3-31-23(29)24(14-8-9-20(30-2)18(25)12-14)17-13-27-22-21(17)16(10-11-26-22)15-6-4-5-7-19(15)28-24/h4-12,17,28H,3,13H2,1-2H3,(H,26,27). The van der Waals surface area contributed by atoms with Gasteiger partial charge in [-0.2, -0.15) is 0 Å². The number of rotatable bonds is 4. The van der Waals surface area contributed by atoms with Crippen molar-refractivity contribution in [1.29, 1.82) is 0 Å². The summed E-state index contributed by atoms with van der Waals surface area (Å²) in [6, 6.07) is 14.3. The molecule has 0 amide bonds. The molecule has 2 aromatic carbocycles. The fraction of sp³-hybridized carbons (Fsp3) is 0.250. The van der Waals surface area contributed by atoms with E-state index in [1.165, 1.54) is 19.2 Å². The van der Waals surface area contributed by atoms with Gasteiger partial charge in [-0.25, -0.2) is 14.2 Å². The molecule has 0 saturated heterocycles. The van der Waals surface area contributed by atoms with Crippen molar-refractivity contribution in [3.05, 3.63) is 71.7 Å². The summed E-state index contributed by atoms with van der Waals surface area (Å²) < 4.78 is 25.5. The molecular formula is C24H22FN3O3. The van der Waals surface area contributed by atoms with Crippen LogP contribution in [0, 0.1) is 5.82 Å². The van der Waals surface area contributed by atoms with Crippen LogP contribution in [-0.4, -0.2) is 31.2 Å². The molecule has 2 N–H and O–H groups in total. The number of aromatic nitrogens is 1. The number of hydrogen-bond donors (Lipinski definition) is 2. The minimum absolute atomic E-state index is 0.115. The molecule has 3 aromatic rings. The number of benzene rings is 2. The van der Waals surface area contributed by atoms with Crippen LogP contribution < -0.4 is 15.4 Å². The number of anilines is 2. The quantitative estimate of drug-likeness (QED) is 0.615. The lowest BCUT2D eigenvalue weighted by Crippen LogP contribution is -2.50. The van der Waals surface area contributed by atoms with E-state index in [1.807, 2.05) is 30.3 Å². The third-order valence-corrected chi connectivity index (χ3v) is 6.09. The molecule has 31 heavy (non-hydrogen) atoms. The molecule has 1 aromatic heterocycles. The van der Waals surface area contributed by atoms with Gasteiger partial charge in [0.15, 0.2) is 17.1 Å². The van der Waals surface area contributed by atoms with E-state index in [0.29, 0.717) is 12.1 Å². The molecular weight excluding hydrogens is 397 g/mol. The number of carbonyl (C=O) groups is 1. The SMILES string of the molecule is CCOC(=O)C1(c2ccc(OC)c(F)c2)Nc2ccccc2-c2ccnc3c2C1CN3. The first-order chi connectivity index (χ1) is 15.1. The van der Waals surface area contributed by atoms with Crippen LogP contribution in [0.3, 0.4) is 0 Å². The number of para-hydroxylation sites is 1. The van der Waals surface area contributed by atoms with Crippen molar-refractivity contribution in [2.24, 2.45) is 0 Å². The zero-order valence-electron chi connectivity index (χ0n) is 17.2. The molecule has 2 aliphatic rings. The predicted molar refractivity (Wildman–Crippen MR) is 116 cm³/mol. The maximum Gasteiger partial charge on any atom is 0.337 e. The van der Waals surface area contributed by atoms with Crippen LogP contribution in [-0.2, 0) is 15.1 Å². The number of pyridine rings is 1. The largest absolute Gasteiger partial charge is 0.494 e. The first-order valence-corrected chi connectivity index (χ1v) is 10.2. The number of hydrogen-bond acceptors (Lipinski definition) is 6. The van der Waals surface area contributed by atoms with Crippen LogP contribution in [0.1, 0.15) is 24.0 Å². The second kappa shape index (κ2) is 7.27. The van der Waals surface area contributed by atoms with E-state index in [-0.39, 0.29) is 18.3 Å². The van der Waals surface area contributed by atoms with Gasteiger partial charge >= 0.3 is 5.97 Å². The van der Waals surface area contributed by atoms with Gasteiger partial charge < -0.3 is 20.1 Å². The van der Waals surface area contributed by atoms with Crippen LogP contribution in [0.5, 0.6) is 5.75 Å². The van der Waals surface area contributed by atoms with Gasteiger partial charge in [-0.3, -0.25) is 0 Å². The first-order valence-electron chi connectivity index (χ1n) is 10.2. The van der Waals surface area contributed by atoms with Crippen molar-refractivity contribution in [3.63, 3.8) is 0 Å². The maximum atomic E-state index is 14.8. The van der Waals surface area contributed by atoms with Crippen molar-refractivity contribution in [1.82, 2.24) is 4.98 Å². The van der Waals surface area contributed by atoms with E-state index < -0.39 is 17.3 Å². The third-order valence-electron chi connectivity index (χ3n) is 6.09. The van der Waals surface area contributed by atoms with Crippen molar-refractivity contribution in [3.8, 4) is 16.9 Å². The molecule has 0 radical (unpaired) electrons. The highest BCUT2D eigenvalue weighted by molar-refractivity contribution is 5.95. The zero-order valence-corrected chi connectivity index (χ0v) is 17.2. The van der Waals surface area contributed by atoms with Crippen LogP contribution in [0.25, 0.3) is 11.1 Å². The smallest absolute Gasteiger partial charge is 0.337 e. The number of halogens is 1. The number of fused-ring (bicyclic) bond motifs is 2. The Morgan fingerprint density at radius 1 is 1.23 bits per heavy atom. The third kappa shape index (κ3) is 2.76. The van der Waals surface area contributed by atoms with E-state index in [2.05, 4.69) is 15.6 Å². The maximum absolute atomic E-state index is 14.8. The molecule has 158 valence electrons. The minimum Gasteiger partial charge on any atom is -0.494 e. The van der Waals surface area contributed by atoms with Crippen LogP contribution in [0.4, 0.5) is 15.9 Å². The Balaban J connectivity index is 1.83. The average molecular weight is 419 g/mol. The molecule has 7 heteroatoms. The van der Waals surface area contributed by atoms with Crippen molar-refractivity contribution >= 4 is 17.5 Å². The Bertz CT molecular complexity index is 1180. The average Bonchev–Trinajstić information content (AvgIpc) is 3.17. The highest BCUT2D eigenvalue weighted by atomic mass is 19.1. The Kier molecular flexibility index (Phi) is 4.54. The Morgan fingerprint density at radius 3 is 2.84 bits per heavy atom. The number of nitrogens with one attached hydrogen (secondary N) is 2. The summed E-state index contributed by atoms with van der Waals surface area (Å²) >= 11 is 0. The van der Waals surface area contributed by atoms with Gasteiger partial charge in [0.1, 0.15) is 5.82 Å². The molecule has 5 rings (SSSR count). The van der Waals surface area contributed by atoms with Crippen molar-refractivity contribution in [2.75, 3.05) is 30.9 Å². The molecule has 0 bridgehead atoms. The van der Waals surface area contributed by atoms with Gasteiger partial charge in [0.2, 0.25) is 0 Å². The summed E-state index contributed by atoms with van der Waals surface area (Å²) in [6.45, 7) is 2.42. The first kappa shape index (κ1) is 19.4. The number of nitrogens with zero attached hydrogens (tertiary/aromatic N) is 1. The Morgan fingerprint density at radius 2 is 2.06 bits per heavy atom. The Hall–Kier alpha value is -3.61. The second-order valence-electron chi connectivity index (χ2n) is 7.60. The molecule has 0 spiro atoms. The van der Waals surface area contributed by atoms with Gasteiger partial charge in [-0.1, -0.05) is 24.3 Å². The highest BCUT2D eigenvalue weighted by Gasteiger charge is 2.54. The summed E-state index contributed by atoms with van der Waals surface area (Å²) in [7, 11) is 1.41. The molecule has 6 nitrogen and oxygen atoms in total. The van der Waals surface area contributed by atoms with E-state index in [1.54, 1.807) is 19.2 Å². The predicted octanol–water partition coefficient (Wildman–Crippen LogP) is 4.29. The topological polar surface area (TPSA) is 72.5 Å². The Labute approximate surface area is 179 Å². The van der Waals surface area contributed by atoms with Crippen LogP contribution >= 0.6 is 0 Å². The van der Waals surface area contributed by atoms with E-state index in [0.717, 1.165) is 28.2 Å². The van der Waals surface area contributed by atoms with Gasteiger partial charge in [0, 0.05) is 35.5 Å². The molecule has 0 aliphatic carbocycles. The van der Waals surface area contributed by atoms with E-state index >= 15 is 0 Å². The second-order valence-corrected chi connectivity index (χ2v) is 7.60. The summed E-state index contributed by atoms with van der Waals surface area (Å²) in [5.74, 6) is -0.537. The lowest BCUT2D eigenvalue weighted by molar-refractivity contribution is -0.149. The normalized spacial score (nSPS) is 20.5. The van der Waals surface area contributed by atoms with Gasteiger partial charge in [0.05, 0.1) is 13.7 Å².